The first-order chi connectivity index (χ1) is 6.52. The van der Waals surface area contributed by atoms with Gasteiger partial charge in [-0.15, -0.1) is 0 Å². The molecule has 1 unspecified atom stereocenters. The van der Waals surface area contributed by atoms with Crippen LogP contribution in [0.5, 0.6) is 0 Å². The largest absolute Gasteiger partial charge is 0.378 e. The van der Waals surface area contributed by atoms with Crippen molar-refractivity contribution in [2.45, 2.75) is 32.9 Å². The Kier molecular flexibility index (Phi) is 3.66. The third-order valence-electron chi connectivity index (χ3n) is 2.73. The zero-order valence-corrected chi connectivity index (χ0v) is 8.96. The van der Waals surface area contributed by atoms with Gasteiger partial charge in [0.2, 0.25) is 5.91 Å². The molecule has 1 saturated heterocycles. The van der Waals surface area contributed by atoms with Crippen LogP contribution in [0.3, 0.4) is 0 Å². The summed E-state index contributed by atoms with van der Waals surface area (Å²) in [5, 5.41) is 3.36. The summed E-state index contributed by atoms with van der Waals surface area (Å²) in [7, 11) is 0. The normalized spacial score (nSPS) is 21.1. The van der Waals surface area contributed by atoms with Gasteiger partial charge in [-0.3, -0.25) is 4.79 Å². The third kappa shape index (κ3) is 2.56. The molecule has 80 valence electrons. The quantitative estimate of drug-likeness (QED) is 0.634. The van der Waals surface area contributed by atoms with Crippen molar-refractivity contribution < 1.29 is 9.53 Å². The molecule has 1 fully saturated rings. The van der Waals surface area contributed by atoms with Crippen LogP contribution >= 0.6 is 0 Å². The second-order valence-electron chi connectivity index (χ2n) is 3.79. The Bertz CT molecular complexity index is 257. The molecule has 0 aromatic rings. The Morgan fingerprint density at radius 3 is 2.43 bits per heavy atom. The van der Waals surface area contributed by atoms with E-state index in [0.29, 0.717) is 11.6 Å². The highest BCUT2D eigenvalue weighted by Crippen LogP contribution is 2.10. The first-order valence-corrected chi connectivity index (χ1v) is 4.83. The topological polar surface area (TPSA) is 64.4 Å². The first-order valence-electron chi connectivity index (χ1n) is 4.83. The molecule has 1 rings (SSSR count). The fraction of sp³-hybridized carbons (Fsp3) is 0.700. The van der Waals surface area contributed by atoms with Crippen LogP contribution in [0.25, 0.3) is 0 Å². The number of rotatable bonds is 4. The van der Waals surface area contributed by atoms with Crippen molar-refractivity contribution in [2.24, 2.45) is 5.73 Å². The van der Waals surface area contributed by atoms with Crippen LogP contribution in [0, 0.1) is 0 Å². The molecule has 0 spiro atoms. The van der Waals surface area contributed by atoms with E-state index in [2.05, 4.69) is 5.32 Å². The number of ether oxygens (including phenoxy) is 1. The second-order valence-corrected chi connectivity index (χ2v) is 3.79. The molecule has 3 N–H and O–H groups in total. The summed E-state index contributed by atoms with van der Waals surface area (Å²) >= 11 is 0. The minimum atomic E-state index is -0.346. The Balaban J connectivity index is 2.53. The van der Waals surface area contributed by atoms with Crippen LogP contribution in [-0.4, -0.2) is 31.2 Å². The number of primary amides is 1. The lowest BCUT2D eigenvalue weighted by Gasteiger charge is -2.30. The highest BCUT2D eigenvalue weighted by atomic mass is 16.5. The van der Waals surface area contributed by atoms with Crippen LogP contribution in [0.1, 0.15) is 20.8 Å². The molecule has 0 bridgehead atoms. The van der Waals surface area contributed by atoms with Crippen molar-refractivity contribution in [3.05, 3.63) is 11.1 Å². The van der Waals surface area contributed by atoms with Gasteiger partial charge in [-0.25, -0.2) is 0 Å². The van der Waals surface area contributed by atoms with Gasteiger partial charge >= 0.3 is 0 Å². The molecule has 1 aliphatic rings. The standard InChI is InChI=1S/C10H18N2O2/c1-6(7(2)10(11)13)8(3)12-9-4-14-5-9/h8-9,12H,4-5H2,1-3H3,(H2,11,13). The number of nitrogens with one attached hydrogen (secondary N) is 1. The van der Waals surface area contributed by atoms with Gasteiger partial charge in [-0.1, -0.05) is 0 Å². The maximum atomic E-state index is 10.9. The smallest absolute Gasteiger partial charge is 0.244 e. The van der Waals surface area contributed by atoms with E-state index in [4.69, 9.17) is 10.5 Å². The highest BCUT2D eigenvalue weighted by Gasteiger charge is 2.21. The van der Waals surface area contributed by atoms with Crippen LogP contribution in [0.4, 0.5) is 0 Å². The average Bonchev–Trinajstić information content (AvgIpc) is 2.08. The van der Waals surface area contributed by atoms with Crippen molar-refractivity contribution in [2.75, 3.05) is 13.2 Å². The van der Waals surface area contributed by atoms with Crippen LogP contribution in [0.2, 0.25) is 0 Å². The summed E-state index contributed by atoms with van der Waals surface area (Å²) in [4.78, 5) is 10.9. The van der Waals surface area contributed by atoms with E-state index in [0.717, 1.165) is 18.8 Å². The SMILES string of the molecule is CC(C(N)=O)=C(C)C(C)NC1COC1. The number of hydrogen-bond acceptors (Lipinski definition) is 3. The minimum absolute atomic E-state index is 0.177. The maximum Gasteiger partial charge on any atom is 0.244 e. The third-order valence-corrected chi connectivity index (χ3v) is 2.73. The number of hydrogen-bond donors (Lipinski definition) is 2. The van der Waals surface area contributed by atoms with Gasteiger partial charge in [-0.2, -0.15) is 0 Å². The van der Waals surface area contributed by atoms with Gasteiger partial charge in [-0.05, 0) is 26.3 Å². The monoisotopic (exact) mass is 198 g/mol. The predicted octanol–water partition coefficient (Wildman–Crippen LogP) is 0.185. The Labute approximate surface area is 84.5 Å². The summed E-state index contributed by atoms with van der Waals surface area (Å²) in [5.41, 5.74) is 6.85. The summed E-state index contributed by atoms with van der Waals surface area (Å²) in [6, 6.07) is 0.594. The van der Waals surface area contributed by atoms with E-state index < -0.39 is 0 Å². The first kappa shape index (κ1) is 11.2. The van der Waals surface area contributed by atoms with Crippen molar-refractivity contribution in [1.29, 1.82) is 0 Å². The van der Waals surface area contributed by atoms with E-state index in [-0.39, 0.29) is 11.9 Å². The van der Waals surface area contributed by atoms with Gasteiger partial charge in [0.05, 0.1) is 19.3 Å². The summed E-state index contributed by atoms with van der Waals surface area (Å²) in [6.45, 7) is 7.23. The molecule has 14 heavy (non-hydrogen) atoms. The fourth-order valence-electron chi connectivity index (χ4n) is 1.33. The minimum Gasteiger partial charge on any atom is -0.378 e. The lowest BCUT2D eigenvalue weighted by atomic mass is 10.0. The average molecular weight is 198 g/mol. The molecule has 0 aromatic carbocycles. The van der Waals surface area contributed by atoms with Crippen LogP contribution < -0.4 is 11.1 Å². The van der Waals surface area contributed by atoms with Crippen molar-refractivity contribution in [3.63, 3.8) is 0 Å². The highest BCUT2D eigenvalue weighted by molar-refractivity contribution is 5.92. The molecular weight excluding hydrogens is 180 g/mol. The van der Waals surface area contributed by atoms with Gasteiger partial charge in [0.15, 0.2) is 0 Å². The van der Waals surface area contributed by atoms with Gasteiger partial charge in [0, 0.05) is 11.6 Å². The molecule has 4 nitrogen and oxygen atoms in total. The van der Waals surface area contributed by atoms with E-state index in [1.807, 2.05) is 13.8 Å². The van der Waals surface area contributed by atoms with Gasteiger partial charge < -0.3 is 15.8 Å². The van der Waals surface area contributed by atoms with E-state index in [1.54, 1.807) is 6.92 Å². The van der Waals surface area contributed by atoms with E-state index in [9.17, 15) is 4.79 Å². The number of amides is 1. The Hall–Kier alpha value is -0.870. The summed E-state index contributed by atoms with van der Waals surface area (Å²) < 4.78 is 5.05. The zero-order chi connectivity index (χ0) is 10.7. The molecule has 1 heterocycles. The summed E-state index contributed by atoms with van der Waals surface area (Å²) in [5.74, 6) is -0.346. The lowest BCUT2D eigenvalue weighted by Crippen LogP contribution is -2.50. The molecule has 0 aliphatic carbocycles. The molecule has 4 heteroatoms. The second kappa shape index (κ2) is 4.57. The molecule has 0 radical (unpaired) electrons. The lowest BCUT2D eigenvalue weighted by molar-refractivity contribution is -0.114. The predicted molar refractivity (Wildman–Crippen MR) is 54.8 cm³/mol. The number of nitrogens with two attached hydrogens (primary N) is 1. The Morgan fingerprint density at radius 1 is 1.50 bits per heavy atom. The maximum absolute atomic E-state index is 10.9. The van der Waals surface area contributed by atoms with E-state index in [1.165, 1.54) is 0 Å². The summed E-state index contributed by atoms with van der Waals surface area (Å²) in [6.07, 6.45) is 0. The number of carbonyl (C=O) groups is 1. The molecule has 0 aromatic heterocycles. The molecule has 0 saturated carbocycles. The van der Waals surface area contributed by atoms with Gasteiger partial charge in [0.1, 0.15) is 0 Å². The molecular formula is C10H18N2O2. The van der Waals surface area contributed by atoms with Crippen LogP contribution in [0.15, 0.2) is 11.1 Å². The molecule has 1 atom stereocenters. The Morgan fingerprint density at radius 2 is 2.07 bits per heavy atom. The van der Waals surface area contributed by atoms with E-state index >= 15 is 0 Å². The number of carbonyl (C=O) groups excluding carboxylic acids is 1. The zero-order valence-electron chi connectivity index (χ0n) is 8.96. The molecule has 1 aliphatic heterocycles. The van der Waals surface area contributed by atoms with Crippen molar-refractivity contribution >= 4 is 5.91 Å². The van der Waals surface area contributed by atoms with Crippen molar-refractivity contribution in [1.82, 2.24) is 5.32 Å². The molecule has 1 amide bonds. The van der Waals surface area contributed by atoms with Gasteiger partial charge in [0.25, 0.3) is 0 Å². The fourth-order valence-corrected chi connectivity index (χ4v) is 1.33. The van der Waals surface area contributed by atoms with Crippen molar-refractivity contribution in [3.8, 4) is 0 Å². The van der Waals surface area contributed by atoms with Crippen LogP contribution in [-0.2, 0) is 9.53 Å².